The van der Waals surface area contributed by atoms with Gasteiger partial charge < -0.3 is 35.9 Å². The molecule has 0 aliphatic carbocycles. The summed E-state index contributed by atoms with van der Waals surface area (Å²) >= 11 is 7.79. The molecule has 6 N–H and O–H groups in total. The number of carboxylic acids is 2. The molecule has 3 atom stereocenters. The van der Waals surface area contributed by atoms with Gasteiger partial charge in [0.05, 0.1) is 22.9 Å². The Balaban J connectivity index is 1.30. The lowest BCUT2D eigenvalue weighted by Gasteiger charge is -2.40. The molecule has 1 amide bonds. The number of thiazole rings is 1. The van der Waals surface area contributed by atoms with Crippen molar-refractivity contribution in [2.45, 2.75) is 49.0 Å². The zero-order valence-electron chi connectivity index (χ0n) is 24.4. The third-order valence-electron chi connectivity index (χ3n) is 7.35. The molecule has 2 aliphatic heterocycles. The molecule has 2 saturated heterocycles. The smallest absolute Gasteiger partial charge is 0.350 e. The van der Waals surface area contributed by atoms with Crippen LogP contribution < -0.4 is 5.73 Å². The third-order valence-corrected chi connectivity index (χ3v) is 10.1. The van der Waals surface area contributed by atoms with E-state index in [0.717, 1.165) is 34.0 Å². The molecule has 21 heteroatoms. The number of phenols is 2. The summed E-state index contributed by atoms with van der Waals surface area (Å²) < 4.78 is 0. The molecule has 1 unspecified atom stereocenters. The number of hydrogen-bond acceptors (Lipinski definition) is 16. The maximum absolute atomic E-state index is 13.4. The van der Waals surface area contributed by atoms with E-state index in [4.69, 9.17) is 22.2 Å². The Hall–Kier alpha value is -4.82. The van der Waals surface area contributed by atoms with Crippen LogP contribution in [-0.4, -0.2) is 103 Å². The zero-order valence-corrected chi connectivity index (χ0v) is 26.7. The normalized spacial score (nSPS) is 20.9. The van der Waals surface area contributed by atoms with E-state index in [1.54, 1.807) is 0 Å². The number of hydrogen-bond donors (Lipinski definition) is 5. The van der Waals surface area contributed by atoms with Crippen molar-refractivity contribution in [3.8, 4) is 11.5 Å². The Morgan fingerprint density at radius 2 is 1.96 bits per heavy atom. The molecule has 18 nitrogen and oxygen atoms in total. The quantitative estimate of drug-likeness (QED) is 0.0546. The summed E-state index contributed by atoms with van der Waals surface area (Å²) in [5.41, 5.74) is 3.52. The highest BCUT2D eigenvalue weighted by molar-refractivity contribution is 8.01. The van der Waals surface area contributed by atoms with Crippen molar-refractivity contribution < 1.29 is 49.2 Å². The topological polar surface area (TPSA) is 274 Å². The number of amides is 1. The van der Waals surface area contributed by atoms with Crippen LogP contribution in [0.25, 0.3) is 0 Å². The van der Waals surface area contributed by atoms with E-state index in [1.807, 2.05) is 0 Å². The highest BCUT2D eigenvalue weighted by Crippen LogP contribution is 2.52. The van der Waals surface area contributed by atoms with E-state index >= 15 is 0 Å². The number of β-lactam (4-membered cyclic amide) rings is 1. The number of phenolic OH excluding ortho intramolecular Hbond substituents is 2. The van der Waals surface area contributed by atoms with Gasteiger partial charge in [0.15, 0.2) is 39.7 Å². The molecule has 4 heterocycles. The highest BCUT2D eigenvalue weighted by Gasteiger charge is 2.64. The average Bonchev–Trinajstić information content (AvgIpc) is 3.75. The number of Topliss-reactive ketones (excluding diaryl/α,β-unsaturated/α-hetero) is 2. The first kappa shape index (κ1) is 33.5. The first-order valence-corrected chi connectivity index (χ1v) is 15.7. The number of oxime groups is 1. The van der Waals surface area contributed by atoms with Gasteiger partial charge in [0, 0.05) is 30.2 Å². The van der Waals surface area contributed by atoms with Gasteiger partial charge in [0.25, 0.3) is 0 Å². The van der Waals surface area contributed by atoms with Gasteiger partial charge in [-0.15, -0.1) is 26.3 Å². The van der Waals surface area contributed by atoms with Crippen molar-refractivity contribution >= 4 is 75.0 Å². The molecule has 2 aromatic heterocycles. The average molecular weight is 709 g/mol. The third kappa shape index (κ3) is 6.17. The number of carbonyl (C=O) groups excluding carboxylic acids is 3. The van der Waals surface area contributed by atoms with Gasteiger partial charge in [-0.05, 0) is 31.2 Å². The van der Waals surface area contributed by atoms with Crippen molar-refractivity contribution in [1.82, 2.24) is 30.1 Å². The molecule has 0 bridgehead atoms. The molecule has 0 saturated carbocycles. The molecule has 248 valence electrons. The summed E-state index contributed by atoms with van der Waals surface area (Å²) in [6.07, 6.45) is -0.699. The van der Waals surface area contributed by atoms with Gasteiger partial charge in [-0.3, -0.25) is 14.4 Å². The summed E-state index contributed by atoms with van der Waals surface area (Å²) in [4.78, 5) is 72.6. The molecule has 2 fully saturated rings. The molecular weight excluding hydrogens is 684 g/mol. The predicted octanol–water partition coefficient (Wildman–Crippen LogP) is 1.10. The van der Waals surface area contributed by atoms with Gasteiger partial charge in [-0.25, -0.2) is 14.6 Å². The van der Waals surface area contributed by atoms with E-state index in [9.17, 15) is 44.4 Å². The number of benzene rings is 1. The molecule has 0 radical (unpaired) electrons. The summed E-state index contributed by atoms with van der Waals surface area (Å²) in [7, 11) is 0. The Labute approximate surface area is 277 Å². The van der Waals surface area contributed by atoms with E-state index < -0.39 is 69.1 Å². The lowest BCUT2D eigenvalue weighted by Crippen LogP contribution is -2.57. The number of ketones is 2. The number of tetrazole rings is 1. The molecule has 3 aromatic rings. The number of fused-ring (bicyclic) bond motifs is 1. The summed E-state index contributed by atoms with van der Waals surface area (Å²) in [5.74, 6) is -6.56. The maximum atomic E-state index is 13.4. The maximum Gasteiger partial charge on any atom is 0.350 e. The number of aromatic nitrogens is 5. The van der Waals surface area contributed by atoms with Crippen molar-refractivity contribution in [3.63, 3.8) is 0 Å². The SMILES string of the molecule is CC(C)(O/N=C(\C(=O)CC1C(=O)N2C[C@@](C(=O)O)(n3nnc(CCC(=O)c4ccc(O)c(O)c4Cl)n3)S[C@H]12)c1csc(N)n1)C(=O)O. The van der Waals surface area contributed by atoms with E-state index in [2.05, 4.69) is 25.6 Å². The van der Waals surface area contributed by atoms with Crippen LogP contribution in [-0.2, 0) is 35.3 Å². The number of carboxylic acid groups (broad SMARTS) is 2. The van der Waals surface area contributed by atoms with Crippen molar-refractivity contribution in [1.29, 1.82) is 0 Å². The number of rotatable bonds is 13. The fourth-order valence-corrected chi connectivity index (χ4v) is 7.02. The number of thioether (sulfide) groups is 1. The molecule has 1 aromatic carbocycles. The number of aliphatic carboxylic acids is 2. The minimum atomic E-state index is -1.91. The largest absolute Gasteiger partial charge is 0.504 e. The van der Waals surface area contributed by atoms with Gasteiger partial charge >= 0.3 is 11.9 Å². The first-order valence-electron chi connectivity index (χ1n) is 13.5. The van der Waals surface area contributed by atoms with Gasteiger partial charge in [0.2, 0.25) is 16.4 Å². The van der Waals surface area contributed by atoms with Crippen molar-refractivity contribution in [2.75, 3.05) is 12.3 Å². The molecule has 47 heavy (non-hydrogen) atoms. The zero-order chi connectivity index (χ0) is 34.4. The van der Waals surface area contributed by atoms with Crippen molar-refractivity contribution in [3.05, 3.63) is 39.6 Å². The number of nitrogens with two attached hydrogens (primary N) is 1. The number of nitrogens with zero attached hydrogens (tertiary/aromatic N) is 7. The second-order valence-electron chi connectivity index (χ2n) is 10.9. The predicted molar refractivity (Wildman–Crippen MR) is 163 cm³/mol. The second kappa shape index (κ2) is 12.4. The van der Waals surface area contributed by atoms with Crippen LogP contribution >= 0.6 is 34.7 Å². The van der Waals surface area contributed by atoms with Crippen LogP contribution in [0.5, 0.6) is 11.5 Å². The Kier molecular flexibility index (Phi) is 8.86. The highest BCUT2D eigenvalue weighted by atomic mass is 35.5. The number of anilines is 1. The van der Waals surface area contributed by atoms with Gasteiger partial charge in [-0.2, -0.15) is 0 Å². The Morgan fingerprint density at radius 3 is 2.60 bits per heavy atom. The molecule has 0 spiro atoms. The summed E-state index contributed by atoms with van der Waals surface area (Å²) in [6, 6.07) is 2.35. The van der Waals surface area contributed by atoms with Crippen LogP contribution in [0.4, 0.5) is 5.13 Å². The standard InChI is InChI=1S/C26H25ClN8O10S2/c1-25(2,22(41)42)45-32-18(12-8-46-24(28)29-12)15(38)7-11-20(40)34-9-26(23(43)44,47-21(11)34)35-31-16(30-33-35)6-5-13(36)10-3-4-14(37)19(39)17(10)27/h3-4,8,11,21,37,39H,5-7,9H2,1-2H3,(H2,28,29)(H,41,42)(H,43,44)/b32-18-/t11?,21-,26-/m1/s1. The molecular formula is C26H25ClN8O10S2. The van der Waals surface area contributed by atoms with E-state index in [1.165, 1.54) is 30.2 Å². The monoisotopic (exact) mass is 708 g/mol. The van der Waals surface area contributed by atoms with Gasteiger partial charge in [-0.1, -0.05) is 28.5 Å². The number of nitrogen functional groups attached to an aromatic ring is 1. The van der Waals surface area contributed by atoms with Crippen LogP contribution in [0.3, 0.4) is 0 Å². The molecule has 5 rings (SSSR count). The van der Waals surface area contributed by atoms with E-state index in [-0.39, 0.29) is 52.3 Å². The van der Waals surface area contributed by atoms with Crippen molar-refractivity contribution in [2.24, 2.45) is 11.1 Å². The minimum absolute atomic E-state index is 0.0127. The fraction of sp³-hybridized carbons (Fsp3) is 0.385. The number of aryl methyl sites for hydroxylation is 1. The minimum Gasteiger partial charge on any atom is -0.504 e. The van der Waals surface area contributed by atoms with Crippen LogP contribution in [0.15, 0.2) is 22.7 Å². The van der Waals surface area contributed by atoms with E-state index in [0.29, 0.717) is 0 Å². The fourth-order valence-electron chi connectivity index (χ4n) is 4.64. The van der Waals surface area contributed by atoms with Crippen LogP contribution in [0.1, 0.15) is 48.6 Å². The summed E-state index contributed by atoms with van der Waals surface area (Å²) in [5, 5.41) is 55.0. The number of aromatic hydroxyl groups is 2. The first-order chi connectivity index (χ1) is 22.1. The van der Waals surface area contributed by atoms with Crippen LogP contribution in [0, 0.1) is 5.92 Å². The summed E-state index contributed by atoms with van der Waals surface area (Å²) in [6.45, 7) is 2.10. The lowest BCUT2D eigenvalue weighted by molar-refractivity contribution is -0.161. The van der Waals surface area contributed by atoms with Gasteiger partial charge in [0.1, 0.15) is 5.69 Å². The van der Waals surface area contributed by atoms with Crippen LogP contribution in [0.2, 0.25) is 5.02 Å². The Morgan fingerprint density at radius 1 is 1.23 bits per heavy atom. The number of carbonyl (C=O) groups is 5. The Bertz CT molecular complexity index is 1840. The number of halogens is 1. The second-order valence-corrected chi connectivity index (χ2v) is 13.6. The lowest BCUT2D eigenvalue weighted by atomic mass is 9.90. The molecule has 2 aliphatic rings.